The summed E-state index contributed by atoms with van der Waals surface area (Å²) in [6.45, 7) is 1.34. The second kappa shape index (κ2) is 4.38. The largest absolute Gasteiger partial charge is 0.317 e. The Morgan fingerprint density at radius 1 is 1.16 bits per heavy atom. The molecule has 1 aromatic rings. The molecule has 4 nitrogen and oxygen atoms in total. The van der Waals surface area contributed by atoms with Gasteiger partial charge in [0.1, 0.15) is 23.0 Å². The van der Waals surface area contributed by atoms with E-state index in [0.717, 1.165) is 12.1 Å². The van der Waals surface area contributed by atoms with Crippen LogP contribution in [0.4, 0.5) is 8.78 Å². The number of piperidine rings is 1. The Labute approximate surface area is 108 Å². The number of amidine groups is 1. The van der Waals surface area contributed by atoms with Gasteiger partial charge in [0, 0.05) is 0 Å². The fraction of sp³-hybridized carbons (Fsp3) is 0.385. The van der Waals surface area contributed by atoms with Crippen molar-refractivity contribution in [1.29, 1.82) is 0 Å². The molecule has 1 saturated heterocycles. The van der Waals surface area contributed by atoms with Crippen LogP contribution in [0.2, 0.25) is 0 Å². The summed E-state index contributed by atoms with van der Waals surface area (Å²) in [6.07, 6.45) is 1.08. The molecule has 1 spiro atoms. The Kier molecular flexibility index (Phi) is 2.82. The summed E-state index contributed by atoms with van der Waals surface area (Å²) in [5.41, 5.74) is -1.12. The summed E-state index contributed by atoms with van der Waals surface area (Å²) in [5.74, 6) is -1.70. The quantitative estimate of drug-likeness (QED) is 0.794. The van der Waals surface area contributed by atoms with Gasteiger partial charge in [-0.2, -0.15) is 0 Å². The Hall–Kier alpha value is -1.82. The number of aliphatic imine (C=N–C) groups is 1. The molecule has 2 aliphatic rings. The Balaban J connectivity index is 2.03. The summed E-state index contributed by atoms with van der Waals surface area (Å²) in [5, 5.41) is 5.65. The van der Waals surface area contributed by atoms with Crippen molar-refractivity contribution in [2.75, 3.05) is 13.1 Å². The number of benzene rings is 1. The average molecular weight is 265 g/mol. The third-order valence-electron chi connectivity index (χ3n) is 3.61. The van der Waals surface area contributed by atoms with Gasteiger partial charge in [0.25, 0.3) is 5.91 Å². The Morgan fingerprint density at radius 2 is 1.79 bits per heavy atom. The van der Waals surface area contributed by atoms with E-state index in [9.17, 15) is 13.6 Å². The zero-order chi connectivity index (χ0) is 13.5. The van der Waals surface area contributed by atoms with Crippen molar-refractivity contribution in [3.8, 4) is 0 Å². The van der Waals surface area contributed by atoms with E-state index >= 15 is 0 Å². The summed E-state index contributed by atoms with van der Waals surface area (Å²) in [4.78, 5) is 16.3. The molecule has 2 N–H and O–H groups in total. The number of hydrogen-bond donors (Lipinski definition) is 2. The molecule has 6 heteroatoms. The highest BCUT2D eigenvalue weighted by Gasteiger charge is 2.45. The van der Waals surface area contributed by atoms with Crippen molar-refractivity contribution in [1.82, 2.24) is 10.6 Å². The van der Waals surface area contributed by atoms with Gasteiger partial charge in [-0.1, -0.05) is 6.07 Å². The number of carbonyl (C=O) groups is 1. The van der Waals surface area contributed by atoms with Gasteiger partial charge >= 0.3 is 0 Å². The van der Waals surface area contributed by atoms with Crippen LogP contribution in [0.3, 0.4) is 0 Å². The maximum Gasteiger partial charge on any atom is 0.253 e. The van der Waals surface area contributed by atoms with Crippen LogP contribution in [0, 0.1) is 11.6 Å². The molecule has 0 unspecified atom stereocenters. The van der Waals surface area contributed by atoms with Gasteiger partial charge in [0.2, 0.25) is 0 Å². The average Bonchev–Trinajstić information content (AvgIpc) is 2.67. The van der Waals surface area contributed by atoms with Crippen molar-refractivity contribution in [2.45, 2.75) is 18.4 Å². The molecule has 0 aliphatic carbocycles. The first-order valence-corrected chi connectivity index (χ1v) is 6.19. The zero-order valence-electron chi connectivity index (χ0n) is 10.2. The van der Waals surface area contributed by atoms with E-state index in [1.807, 2.05) is 0 Å². The van der Waals surface area contributed by atoms with E-state index in [0.29, 0.717) is 25.9 Å². The second-order valence-electron chi connectivity index (χ2n) is 4.79. The summed E-state index contributed by atoms with van der Waals surface area (Å²) < 4.78 is 27.4. The summed E-state index contributed by atoms with van der Waals surface area (Å²) in [7, 11) is 0. The van der Waals surface area contributed by atoms with E-state index in [4.69, 9.17) is 0 Å². The molecule has 19 heavy (non-hydrogen) atoms. The maximum absolute atomic E-state index is 13.7. The highest BCUT2D eigenvalue weighted by molar-refractivity contribution is 6.15. The van der Waals surface area contributed by atoms with Crippen LogP contribution < -0.4 is 10.6 Å². The van der Waals surface area contributed by atoms with Gasteiger partial charge in [-0.05, 0) is 38.1 Å². The molecule has 2 heterocycles. The van der Waals surface area contributed by atoms with E-state index in [1.165, 1.54) is 6.07 Å². The van der Waals surface area contributed by atoms with Crippen LogP contribution in [0.5, 0.6) is 0 Å². The smallest absolute Gasteiger partial charge is 0.253 e. The predicted molar refractivity (Wildman–Crippen MR) is 65.9 cm³/mol. The lowest BCUT2D eigenvalue weighted by Gasteiger charge is -2.28. The number of carbonyl (C=O) groups excluding carboxylic acids is 1. The second-order valence-corrected chi connectivity index (χ2v) is 4.79. The first kappa shape index (κ1) is 12.2. The lowest BCUT2D eigenvalue weighted by Crippen LogP contribution is -2.47. The predicted octanol–water partition coefficient (Wildman–Crippen LogP) is 0.963. The van der Waals surface area contributed by atoms with Crippen LogP contribution >= 0.6 is 0 Å². The molecule has 1 fully saturated rings. The van der Waals surface area contributed by atoms with Crippen LogP contribution in [0.25, 0.3) is 0 Å². The van der Waals surface area contributed by atoms with E-state index in [1.54, 1.807) is 0 Å². The first-order chi connectivity index (χ1) is 9.12. The lowest BCUT2D eigenvalue weighted by molar-refractivity contribution is -0.124. The molecule has 0 saturated carbocycles. The van der Waals surface area contributed by atoms with Gasteiger partial charge in [-0.3, -0.25) is 9.79 Å². The minimum Gasteiger partial charge on any atom is -0.317 e. The number of rotatable bonds is 1. The van der Waals surface area contributed by atoms with Crippen LogP contribution in [0.15, 0.2) is 23.2 Å². The van der Waals surface area contributed by atoms with E-state index in [2.05, 4.69) is 15.6 Å². The van der Waals surface area contributed by atoms with E-state index in [-0.39, 0.29) is 17.3 Å². The molecule has 3 rings (SSSR count). The van der Waals surface area contributed by atoms with Gasteiger partial charge in [-0.15, -0.1) is 0 Å². The number of nitrogens with one attached hydrogen (secondary N) is 2. The fourth-order valence-corrected chi connectivity index (χ4v) is 2.54. The minimum atomic E-state index is -0.866. The number of halogens is 2. The topological polar surface area (TPSA) is 53.5 Å². The van der Waals surface area contributed by atoms with Gasteiger partial charge in [-0.25, -0.2) is 8.78 Å². The highest BCUT2D eigenvalue weighted by atomic mass is 19.1. The summed E-state index contributed by atoms with van der Waals surface area (Å²) in [6, 6.07) is 3.59. The molecule has 1 aromatic carbocycles. The van der Waals surface area contributed by atoms with Crippen molar-refractivity contribution < 1.29 is 13.6 Å². The van der Waals surface area contributed by atoms with Gasteiger partial charge < -0.3 is 10.6 Å². The number of hydrogen-bond acceptors (Lipinski definition) is 3. The minimum absolute atomic E-state index is 0.00231. The Bertz CT molecular complexity index is 545. The lowest BCUT2D eigenvalue weighted by atomic mass is 9.89. The third-order valence-corrected chi connectivity index (χ3v) is 3.61. The molecular formula is C13H13F2N3O. The summed E-state index contributed by atoms with van der Waals surface area (Å²) >= 11 is 0. The molecule has 0 radical (unpaired) electrons. The van der Waals surface area contributed by atoms with Gasteiger partial charge in [0.05, 0.1) is 5.56 Å². The molecule has 2 aliphatic heterocycles. The maximum atomic E-state index is 13.7. The normalized spacial score (nSPS) is 21.4. The first-order valence-electron chi connectivity index (χ1n) is 6.19. The standard InChI is InChI=1S/C13H13F2N3O/c14-8-2-1-3-9(15)10(8)11-17-12(19)13(18-11)4-6-16-7-5-13/h1-3,16H,4-7H2,(H,17,18,19). The van der Waals surface area contributed by atoms with Crippen molar-refractivity contribution >= 4 is 11.7 Å². The number of nitrogens with zero attached hydrogens (tertiary/aromatic N) is 1. The van der Waals surface area contributed by atoms with E-state index < -0.39 is 17.2 Å². The van der Waals surface area contributed by atoms with Crippen molar-refractivity contribution in [3.05, 3.63) is 35.4 Å². The van der Waals surface area contributed by atoms with Crippen LogP contribution in [-0.4, -0.2) is 30.4 Å². The molecule has 100 valence electrons. The van der Waals surface area contributed by atoms with Crippen molar-refractivity contribution in [2.24, 2.45) is 4.99 Å². The SMILES string of the molecule is O=C1NC(c2c(F)cccc2F)=NC12CCNCC2. The van der Waals surface area contributed by atoms with Gasteiger partial charge in [0.15, 0.2) is 0 Å². The van der Waals surface area contributed by atoms with Crippen LogP contribution in [-0.2, 0) is 4.79 Å². The van der Waals surface area contributed by atoms with Crippen molar-refractivity contribution in [3.63, 3.8) is 0 Å². The molecule has 0 bridgehead atoms. The fourth-order valence-electron chi connectivity index (χ4n) is 2.54. The monoisotopic (exact) mass is 265 g/mol. The van der Waals surface area contributed by atoms with Crippen LogP contribution in [0.1, 0.15) is 18.4 Å². The molecular weight excluding hydrogens is 252 g/mol. The number of amides is 1. The third kappa shape index (κ3) is 1.92. The molecule has 1 amide bonds. The molecule has 0 aromatic heterocycles. The molecule has 0 atom stereocenters. The highest BCUT2D eigenvalue weighted by Crippen LogP contribution is 2.29. The zero-order valence-corrected chi connectivity index (χ0v) is 10.2. The Morgan fingerprint density at radius 3 is 2.42 bits per heavy atom.